The molecule has 0 aromatic heterocycles. The Morgan fingerprint density at radius 3 is 2.69 bits per heavy atom. The highest BCUT2D eigenvalue weighted by molar-refractivity contribution is 9.11. The summed E-state index contributed by atoms with van der Waals surface area (Å²) in [5, 5.41) is 2.74. The van der Waals surface area contributed by atoms with Crippen LogP contribution >= 0.6 is 15.9 Å². The highest BCUT2D eigenvalue weighted by atomic mass is 79.9. The largest absolute Gasteiger partial charge is 0.378 e. The summed E-state index contributed by atoms with van der Waals surface area (Å²) in [7, 11) is 0. The lowest BCUT2D eigenvalue weighted by molar-refractivity contribution is 0.0534. The Kier molecular flexibility index (Phi) is 4.24. The Hall–Kier alpha value is -0.550. The van der Waals surface area contributed by atoms with Crippen LogP contribution in [0.1, 0.15) is 0 Å². The van der Waals surface area contributed by atoms with E-state index in [0.29, 0.717) is 32.8 Å². The minimum atomic E-state index is -0.0519. The number of hydrogen-bond acceptors (Lipinski definition) is 2. The van der Waals surface area contributed by atoms with Gasteiger partial charge in [0.05, 0.1) is 19.8 Å². The molecule has 2 amide bonds. The molecule has 1 saturated heterocycles. The first-order valence-electron chi connectivity index (χ1n) is 4.14. The van der Waals surface area contributed by atoms with E-state index in [4.69, 9.17) is 4.74 Å². The monoisotopic (exact) mass is 248 g/mol. The lowest BCUT2D eigenvalue weighted by Gasteiger charge is -2.26. The van der Waals surface area contributed by atoms with Crippen molar-refractivity contribution in [3.8, 4) is 0 Å². The molecule has 74 valence electrons. The zero-order valence-electron chi connectivity index (χ0n) is 7.38. The summed E-state index contributed by atoms with van der Waals surface area (Å²) < 4.78 is 5.90. The van der Waals surface area contributed by atoms with Crippen LogP contribution in [-0.2, 0) is 4.74 Å². The summed E-state index contributed by atoms with van der Waals surface area (Å²) in [6.45, 7) is 6.69. The molecule has 13 heavy (non-hydrogen) atoms. The van der Waals surface area contributed by atoms with Crippen molar-refractivity contribution in [2.75, 3.05) is 32.8 Å². The fourth-order valence-electron chi connectivity index (χ4n) is 1.05. The highest BCUT2D eigenvalue weighted by Crippen LogP contribution is 2.00. The number of carbonyl (C=O) groups is 1. The Morgan fingerprint density at radius 1 is 1.54 bits per heavy atom. The molecule has 1 fully saturated rings. The van der Waals surface area contributed by atoms with Crippen molar-refractivity contribution in [1.29, 1.82) is 0 Å². The topological polar surface area (TPSA) is 41.6 Å². The van der Waals surface area contributed by atoms with Crippen molar-refractivity contribution in [2.24, 2.45) is 0 Å². The van der Waals surface area contributed by atoms with E-state index in [1.54, 1.807) is 4.90 Å². The van der Waals surface area contributed by atoms with Crippen LogP contribution in [0.15, 0.2) is 11.1 Å². The molecule has 1 rings (SSSR count). The average Bonchev–Trinajstić information content (AvgIpc) is 2.15. The molecule has 0 spiro atoms. The molecule has 1 aliphatic heterocycles. The zero-order valence-corrected chi connectivity index (χ0v) is 8.97. The van der Waals surface area contributed by atoms with Crippen molar-refractivity contribution in [2.45, 2.75) is 0 Å². The van der Waals surface area contributed by atoms with Gasteiger partial charge in [-0.2, -0.15) is 0 Å². The van der Waals surface area contributed by atoms with E-state index in [1.165, 1.54) is 0 Å². The summed E-state index contributed by atoms with van der Waals surface area (Å²) in [5.74, 6) is 0. The van der Waals surface area contributed by atoms with Gasteiger partial charge in [0.15, 0.2) is 0 Å². The van der Waals surface area contributed by atoms with Crippen molar-refractivity contribution in [1.82, 2.24) is 10.2 Å². The molecule has 0 radical (unpaired) electrons. The second-order valence-corrected chi connectivity index (χ2v) is 3.90. The van der Waals surface area contributed by atoms with Gasteiger partial charge in [-0.3, -0.25) is 0 Å². The zero-order chi connectivity index (χ0) is 9.68. The van der Waals surface area contributed by atoms with E-state index in [1.807, 2.05) is 0 Å². The predicted octanol–water partition coefficient (Wildman–Crippen LogP) is 0.937. The molecule has 0 aliphatic carbocycles. The molecule has 5 heteroatoms. The Morgan fingerprint density at radius 2 is 2.15 bits per heavy atom. The minimum absolute atomic E-state index is 0.0519. The van der Waals surface area contributed by atoms with Crippen LogP contribution in [0.5, 0.6) is 0 Å². The van der Waals surface area contributed by atoms with E-state index in [-0.39, 0.29) is 6.03 Å². The fraction of sp³-hybridized carbons (Fsp3) is 0.625. The van der Waals surface area contributed by atoms with Crippen LogP contribution < -0.4 is 5.32 Å². The molecular weight excluding hydrogens is 236 g/mol. The second kappa shape index (κ2) is 5.24. The van der Waals surface area contributed by atoms with Gasteiger partial charge in [0.1, 0.15) is 0 Å². The van der Waals surface area contributed by atoms with Gasteiger partial charge in [0, 0.05) is 17.6 Å². The lowest BCUT2D eigenvalue weighted by Crippen LogP contribution is -2.46. The molecule has 0 unspecified atom stereocenters. The maximum atomic E-state index is 11.4. The second-order valence-electron chi connectivity index (χ2n) is 2.78. The fourth-order valence-corrected chi connectivity index (χ4v) is 1.19. The average molecular weight is 249 g/mol. The summed E-state index contributed by atoms with van der Waals surface area (Å²) in [6, 6.07) is -0.0519. The van der Waals surface area contributed by atoms with Crippen LogP contribution in [0.25, 0.3) is 0 Å². The molecule has 1 aliphatic rings. The first kappa shape index (κ1) is 10.5. The quantitative estimate of drug-likeness (QED) is 0.791. The van der Waals surface area contributed by atoms with Crippen molar-refractivity contribution in [3.63, 3.8) is 0 Å². The molecule has 4 nitrogen and oxygen atoms in total. The third-order valence-corrected chi connectivity index (χ3v) is 2.01. The van der Waals surface area contributed by atoms with Crippen LogP contribution in [0, 0.1) is 0 Å². The van der Waals surface area contributed by atoms with Gasteiger partial charge in [-0.05, 0) is 0 Å². The molecule has 1 N–H and O–H groups in total. The van der Waals surface area contributed by atoms with Crippen molar-refractivity contribution < 1.29 is 9.53 Å². The summed E-state index contributed by atoms with van der Waals surface area (Å²) in [4.78, 5) is 13.1. The number of nitrogens with one attached hydrogen (secondary N) is 1. The van der Waals surface area contributed by atoms with Gasteiger partial charge in [-0.1, -0.05) is 22.5 Å². The third kappa shape index (κ3) is 3.78. The van der Waals surface area contributed by atoms with E-state index < -0.39 is 0 Å². The van der Waals surface area contributed by atoms with Crippen LogP contribution in [0.4, 0.5) is 4.79 Å². The highest BCUT2D eigenvalue weighted by Gasteiger charge is 2.15. The Bertz CT molecular complexity index is 202. The number of amides is 2. The number of nitrogens with zero attached hydrogens (tertiary/aromatic N) is 1. The Balaban J connectivity index is 2.25. The predicted molar refractivity (Wildman–Crippen MR) is 53.9 cm³/mol. The minimum Gasteiger partial charge on any atom is -0.378 e. The van der Waals surface area contributed by atoms with Crippen LogP contribution in [0.3, 0.4) is 0 Å². The first-order chi connectivity index (χ1) is 6.20. The number of halogens is 1. The molecule has 0 bridgehead atoms. The number of urea groups is 1. The van der Waals surface area contributed by atoms with E-state index in [9.17, 15) is 4.79 Å². The third-order valence-electron chi connectivity index (χ3n) is 1.73. The standard InChI is InChI=1S/C8H13BrN2O2/c1-7(9)6-10-8(12)11-2-4-13-5-3-11/h1-6H2,(H,10,12). The lowest BCUT2D eigenvalue weighted by atomic mass is 10.4. The van der Waals surface area contributed by atoms with Crippen molar-refractivity contribution >= 4 is 22.0 Å². The van der Waals surface area contributed by atoms with Crippen molar-refractivity contribution in [3.05, 3.63) is 11.1 Å². The van der Waals surface area contributed by atoms with Gasteiger partial charge < -0.3 is 15.0 Å². The number of rotatable bonds is 2. The summed E-state index contributed by atoms with van der Waals surface area (Å²) >= 11 is 3.17. The van der Waals surface area contributed by atoms with E-state index >= 15 is 0 Å². The molecule has 1 heterocycles. The molecular formula is C8H13BrN2O2. The smallest absolute Gasteiger partial charge is 0.317 e. The molecule has 0 saturated carbocycles. The normalized spacial score (nSPS) is 16.8. The summed E-state index contributed by atoms with van der Waals surface area (Å²) in [6.07, 6.45) is 0. The number of hydrogen-bond donors (Lipinski definition) is 1. The molecule has 0 aromatic carbocycles. The van der Waals surface area contributed by atoms with Gasteiger partial charge in [0.25, 0.3) is 0 Å². The van der Waals surface area contributed by atoms with Gasteiger partial charge in [-0.25, -0.2) is 4.79 Å². The number of carbonyl (C=O) groups excluding carboxylic acids is 1. The van der Waals surface area contributed by atoms with E-state index in [0.717, 1.165) is 4.48 Å². The first-order valence-corrected chi connectivity index (χ1v) is 4.93. The number of morpholine rings is 1. The van der Waals surface area contributed by atoms with Crippen LogP contribution in [-0.4, -0.2) is 43.8 Å². The maximum Gasteiger partial charge on any atom is 0.317 e. The van der Waals surface area contributed by atoms with E-state index in [2.05, 4.69) is 27.8 Å². The maximum absolute atomic E-state index is 11.4. The number of ether oxygens (including phenoxy) is 1. The van der Waals surface area contributed by atoms with Gasteiger partial charge in [0.2, 0.25) is 0 Å². The summed E-state index contributed by atoms with van der Waals surface area (Å²) in [5.41, 5.74) is 0. The Labute approximate surface area is 86.1 Å². The molecule has 0 atom stereocenters. The van der Waals surface area contributed by atoms with Gasteiger partial charge >= 0.3 is 6.03 Å². The molecule has 0 aromatic rings. The SMILES string of the molecule is C=C(Br)CNC(=O)N1CCOCC1. The van der Waals surface area contributed by atoms with Gasteiger partial charge in [-0.15, -0.1) is 0 Å². The van der Waals surface area contributed by atoms with Crippen LogP contribution in [0.2, 0.25) is 0 Å².